The number of piperidine rings is 1. The Labute approximate surface area is 160 Å². The van der Waals surface area contributed by atoms with Crippen LogP contribution in [0.1, 0.15) is 42.6 Å². The van der Waals surface area contributed by atoms with Gasteiger partial charge >= 0.3 is 5.97 Å². The lowest BCUT2D eigenvalue weighted by Gasteiger charge is -2.31. The van der Waals surface area contributed by atoms with Crippen LogP contribution in [0.3, 0.4) is 0 Å². The molecule has 8 heteroatoms. The van der Waals surface area contributed by atoms with Crippen molar-refractivity contribution in [2.45, 2.75) is 39.2 Å². The summed E-state index contributed by atoms with van der Waals surface area (Å²) in [5, 5.41) is 0. The molecule has 2 aliphatic heterocycles. The highest BCUT2D eigenvalue weighted by atomic mass is 32.2. The molecule has 0 N–H and O–H groups in total. The Kier molecular flexibility index (Phi) is 5.46. The summed E-state index contributed by atoms with van der Waals surface area (Å²) in [6, 6.07) is 5.00. The molecule has 1 saturated heterocycles. The SMILES string of the molecule is CCOC(=O)[C@@H]1CCCN(C(=O)c2ccc3c(c2)C[C@H](C)N3S(C)(=O)=O)C1. The second kappa shape index (κ2) is 7.50. The first-order chi connectivity index (χ1) is 12.7. The van der Waals surface area contributed by atoms with Gasteiger partial charge in [-0.2, -0.15) is 0 Å². The van der Waals surface area contributed by atoms with Gasteiger partial charge < -0.3 is 9.64 Å². The molecule has 0 radical (unpaired) electrons. The van der Waals surface area contributed by atoms with Gasteiger partial charge in [0.15, 0.2) is 0 Å². The fourth-order valence-electron chi connectivity index (χ4n) is 4.04. The molecule has 0 aromatic heterocycles. The van der Waals surface area contributed by atoms with Gasteiger partial charge in [0.05, 0.1) is 24.5 Å². The number of likely N-dealkylation sites (tertiary alicyclic amines) is 1. The maximum absolute atomic E-state index is 12.9. The molecule has 7 nitrogen and oxygen atoms in total. The van der Waals surface area contributed by atoms with Crippen molar-refractivity contribution in [2.24, 2.45) is 5.92 Å². The molecule has 0 bridgehead atoms. The topological polar surface area (TPSA) is 84.0 Å². The van der Waals surface area contributed by atoms with E-state index in [0.29, 0.717) is 37.4 Å². The number of fused-ring (bicyclic) bond motifs is 1. The molecule has 0 spiro atoms. The number of anilines is 1. The normalized spacial score (nSPS) is 22.5. The third kappa shape index (κ3) is 3.95. The van der Waals surface area contributed by atoms with Gasteiger partial charge in [0.1, 0.15) is 0 Å². The minimum absolute atomic E-state index is 0.128. The van der Waals surface area contributed by atoms with E-state index in [1.54, 1.807) is 30.0 Å². The Morgan fingerprint density at radius 1 is 1.30 bits per heavy atom. The van der Waals surface area contributed by atoms with Crippen LogP contribution >= 0.6 is 0 Å². The number of ether oxygens (including phenoxy) is 1. The third-order valence-corrected chi connectivity index (χ3v) is 6.44. The van der Waals surface area contributed by atoms with Crippen LogP contribution in [0.2, 0.25) is 0 Å². The zero-order valence-electron chi connectivity index (χ0n) is 16.0. The van der Waals surface area contributed by atoms with Gasteiger partial charge in [-0.3, -0.25) is 13.9 Å². The number of carbonyl (C=O) groups is 2. The summed E-state index contributed by atoms with van der Waals surface area (Å²) >= 11 is 0. The molecule has 3 rings (SSSR count). The average Bonchev–Trinajstić information content (AvgIpc) is 2.96. The minimum Gasteiger partial charge on any atom is -0.466 e. The molecule has 0 aliphatic carbocycles. The molecule has 1 amide bonds. The van der Waals surface area contributed by atoms with Crippen LogP contribution in [0.5, 0.6) is 0 Å². The summed E-state index contributed by atoms with van der Waals surface area (Å²) in [7, 11) is -3.35. The third-order valence-electron chi connectivity index (χ3n) is 5.17. The predicted octanol–water partition coefficient (Wildman–Crippen LogP) is 1.81. The van der Waals surface area contributed by atoms with Crippen molar-refractivity contribution in [3.05, 3.63) is 29.3 Å². The second-order valence-corrected chi connectivity index (χ2v) is 9.16. The van der Waals surface area contributed by atoms with Gasteiger partial charge in [-0.05, 0) is 56.9 Å². The van der Waals surface area contributed by atoms with E-state index >= 15 is 0 Å². The minimum atomic E-state index is -3.35. The number of sulfonamides is 1. The van der Waals surface area contributed by atoms with Gasteiger partial charge in [-0.1, -0.05) is 0 Å². The van der Waals surface area contributed by atoms with Crippen molar-refractivity contribution in [3.8, 4) is 0 Å². The first-order valence-electron chi connectivity index (χ1n) is 9.30. The van der Waals surface area contributed by atoms with Crippen LogP contribution in [-0.4, -0.2) is 57.2 Å². The Morgan fingerprint density at radius 3 is 2.70 bits per heavy atom. The van der Waals surface area contributed by atoms with E-state index in [1.165, 1.54) is 10.6 Å². The first-order valence-corrected chi connectivity index (χ1v) is 11.2. The molecule has 1 fully saturated rings. The Morgan fingerprint density at radius 2 is 2.04 bits per heavy atom. The van der Waals surface area contributed by atoms with E-state index in [4.69, 9.17) is 4.74 Å². The molecule has 0 unspecified atom stereocenters. The fourth-order valence-corrected chi connectivity index (χ4v) is 5.30. The van der Waals surface area contributed by atoms with Crippen LogP contribution in [0, 0.1) is 5.92 Å². The summed E-state index contributed by atoms with van der Waals surface area (Å²) in [6.45, 7) is 4.94. The Bertz CT molecular complexity index is 852. The maximum atomic E-state index is 12.9. The number of rotatable bonds is 4. The highest BCUT2D eigenvalue weighted by molar-refractivity contribution is 7.92. The van der Waals surface area contributed by atoms with E-state index in [-0.39, 0.29) is 23.8 Å². The zero-order chi connectivity index (χ0) is 19.8. The highest BCUT2D eigenvalue weighted by Crippen LogP contribution is 2.35. The van der Waals surface area contributed by atoms with E-state index in [2.05, 4.69) is 0 Å². The summed E-state index contributed by atoms with van der Waals surface area (Å²) < 4.78 is 30.6. The number of carbonyl (C=O) groups excluding carboxylic acids is 2. The van der Waals surface area contributed by atoms with E-state index in [9.17, 15) is 18.0 Å². The molecule has 148 valence electrons. The number of nitrogens with zero attached hydrogens (tertiary/aromatic N) is 2. The van der Waals surface area contributed by atoms with Gasteiger partial charge in [-0.25, -0.2) is 8.42 Å². The van der Waals surface area contributed by atoms with Crippen LogP contribution in [0.15, 0.2) is 18.2 Å². The van der Waals surface area contributed by atoms with Gasteiger partial charge in [0, 0.05) is 24.7 Å². The van der Waals surface area contributed by atoms with Crippen molar-refractivity contribution < 1.29 is 22.7 Å². The van der Waals surface area contributed by atoms with Gasteiger partial charge in [-0.15, -0.1) is 0 Å². The summed E-state index contributed by atoms with van der Waals surface area (Å²) in [4.78, 5) is 26.6. The lowest BCUT2D eigenvalue weighted by Crippen LogP contribution is -2.42. The largest absolute Gasteiger partial charge is 0.466 e. The monoisotopic (exact) mass is 394 g/mol. The van der Waals surface area contributed by atoms with Crippen molar-refractivity contribution in [2.75, 3.05) is 30.3 Å². The Hall–Kier alpha value is -2.09. The van der Waals surface area contributed by atoms with Crippen LogP contribution in [0.4, 0.5) is 5.69 Å². The molecule has 1 aromatic carbocycles. The molecule has 1 aromatic rings. The molecular weight excluding hydrogens is 368 g/mol. The van der Waals surface area contributed by atoms with E-state index in [1.807, 2.05) is 6.92 Å². The van der Waals surface area contributed by atoms with Gasteiger partial charge in [0.25, 0.3) is 5.91 Å². The molecule has 2 aliphatic rings. The summed E-state index contributed by atoms with van der Waals surface area (Å²) in [5.74, 6) is -0.656. The summed E-state index contributed by atoms with van der Waals surface area (Å²) in [6.07, 6.45) is 3.27. The molecule has 2 atom stereocenters. The molecular formula is C19H26N2O5S. The second-order valence-electron chi connectivity index (χ2n) is 7.30. The standard InChI is InChI=1S/C19H26N2O5S/c1-4-26-19(23)15-6-5-9-20(12-15)18(22)14-7-8-17-16(11-14)10-13(2)21(17)27(3,24)25/h7-8,11,13,15H,4-6,9-10,12H2,1-3H3/t13-,15+/m0/s1. The van der Waals surface area contributed by atoms with Crippen LogP contribution in [0.25, 0.3) is 0 Å². The van der Waals surface area contributed by atoms with Crippen molar-refractivity contribution in [1.82, 2.24) is 4.90 Å². The zero-order valence-corrected chi connectivity index (χ0v) is 16.8. The van der Waals surface area contributed by atoms with Crippen LogP contribution in [-0.2, 0) is 26.0 Å². The summed E-state index contributed by atoms with van der Waals surface area (Å²) in [5.41, 5.74) is 2.03. The highest BCUT2D eigenvalue weighted by Gasteiger charge is 2.34. The maximum Gasteiger partial charge on any atom is 0.310 e. The molecule has 0 saturated carbocycles. The number of esters is 1. The smallest absolute Gasteiger partial charge is 0.310 e. The number of benzene rings is 1. The van der Waals surface area contributed by atoms with Crippen LogP contribution < -0.4 is 4.31 Å². The van der Waals surface area contributed by atoms with Gasteiger partial charge in [0.2, 0.25) is 10.0 Å². The molecule has 2 heterocycles. The number of amides is 1. The van der Waals surface area contributed by atoms with Crippen molar-refractivity contribution in [3.63, 3.8) is 0 Å². The fraction of sp³-hybridized carbons (Fsp3) is 0.579. The quantitative estimate of drug-likeness (QED) is 0.728. The van der Waals surface area contributed by atoms with Crippen molar-refractivity contribution in [1.29, 1.82) is 0 Å². The number of hydrogen-bond acceptors (Lipinski definition) is 5. The molecule has 27 heavy (non-hydrogen) atoms. The predicted molar refractivity (Wildman–Crippen MR) is 102 cm³/mol. The van der Waals surface area contributed by atoms with E-state index < -0.39 is 10.0 Å². The Balaban J connectivity index is 1.79. The van der Waals surface area contributed by atoms with Crippen molar-refractivity contribution >= 4 is 27.6 Å². The average molecular weight is 394 g/mol. The lowest BCUT2D eigenvalue weighted by molar-refractivity contribution is -0.149. The first kappa shape index (κ1) is 19.7. The number of hydrogen-bond donors (Lipinski definition) is 0. The lowest BCUT2D eigenvalue weighted by atomic mass is 9.97. The van der Waals surface area contributed by atoms with E-state index in [0.717, 1.165) is 18.4 Å².